The van der Waals surface area contributed by atoms with Gasteiger partial charge >= 0.3 is 0 Å². The van der Waals surface area contributed by atoms with E-state index < -0.39 is 0 Å². The zero-order valence-electron chi connectivity index (χ0n) is 12.9. The highest BCUT2D eigenvalue weighted by Crippen LogP contribution is 2.28. The Labute approximate surface area is 139 Å². The van der Waals surface area contributed by atoms with E-state index in [4.69, 9.17) is 4.74 Å². The van der Waals surface area contributed by atoms with Crippen LogP contribution in [0.4, 0.5) is 4.39 Å². The fourth-order valence-corrected chi connectivity index (χ4v) is 2.55. The van der Waals surface area contributed by atoms with Crippen molar-refractivity contribution in [1.82, 2.24) is 10.6 Å². The minimum Gasteiger partial charge on any atom is -0.381 e. The van der Waals surface area contributed by atoms with Crippen LogP contribution in [0.3, 0.4) is 0 Å². The number of ether oxygens (including phenoxy) is 1. The van der Waals surface area contributed by atoms with Gasteiger partial charge in [-0.3, -0.25) is 4.99 Å². The monoisotopic (exact) mass is 371 g/mol. The smallest absolute Gasteiger partial charge is 0.191 e. The van der Waals surface area contributed by atoms with E-state index in [0.29, 0.717) is 12.5 Å². The van der Waals surface area contributed by atoms with E-state index in [9.17, 15) is 4.39 Å². The number of hydrogen-bond donors (Lipinski definition) is 2. The molecule has 1 aromatic carbocycles. The van der Waals surface area contributed by atoms with Crippen molar-refractivity contribution in [3.63, 3.8) is 0 Å². The van der Waals surface area contributed by atoms with Crippen molar-refractivity contribution in [2.45, 2.75) is 25.8 Å². The number of rotatable bonds is 8. The van der Waals surface area contributed by atoms with Gasteiger partial charge < -0.3 is 15.4 Å². The van der Waals surface area contributed by atoms with Crippen LogP contribution in [0.2, 0.25) is 0 Å². The first-order valence-electron chi connectivity index (χ1n) is 7.64. The molecule has 0 heterocycles. The third-order valence-electron chi connectivity index (χ3n) is 3.41. The van der Waals surface area contributed by atoms with Gasteiger partial charge in [-0.2, -0.15) is 0 Å². The number of halogens is 2. The summed E-state index contributed by atoms with van der Waals surface area (Å²) in [5, 5.41) is 6.40. The summed E-state index contributed by atoms with van der Waals surface area (Å²) < 4.78 is 19.6. The van der Waals surface area contributed by atoms with Gasteiger partial charge in [0.15, 0.2) is 5.96 Å². The third-order valence-corrected chi connectivity index (χ3v) is 3.87. The van der Waals surface area contributed by atoms with Gasteiger partial charge in [-0.15, -0.1) is 0 Å². The first kappa shape index (κ1) is 17.2. The minimum atomic E-state index is -0.248. The summed E-state index contributed by atoms with van der Waals surface area (Å²) in [6.07, 6.45) is 3.59. The van der Waals surface area contributed by atoms with E-state index in [-0.39, 0.29) is 5.82 Å². The van der Waals surface area contributed by atoms with Crippen LogP contribution in [-0.4, -0.2) is 32.8 Å². The van der Waals surface area contributed by atoms with Crippen molar-refractivity contribution in [2.75, 3.05) is 26.8 Å². The minimum absolute atomic E-state index is 0.248. The van der Waals surface area contributed by atoms with Gasteiger partial charge in [0.25, 0.3) is 0 Å². The summed E-state index contributed by atoms with van der Waals surface area (Å²) >= 11 is 3.29. The molecule has 6 heteroatoms. The molecule has 1 aliphatic carbocycles. The van der Waals surface area contributed by atoms with Gasteiger partial charge in [0.1, 0.15) is 5.82 Å². The van der Waals surface area contributed by atoms with Crippen molar-refractivity contribution in [1.29, 1.82) is 0 Å². The van der Waals surface area contributed by atoms with Crippen molar-refractivity contribution >= 4 is 21.9 Å². The standard InChI is InChI=1S/C16H23BrFN3O/c1-19-16(20-5-2-6-22-11-12-3-4-12)21-10-13-7-14(17)9-15(18)8-13/h7-9,12H,2-6,10-11H2,1H3,(H2,19,20,21). The maximum absolute atomic E-state index is 13.3. The molecule has 22 heavy (non-hydrogen) atoms. The number of aliphatic imine (C=N–C) groups is 1. The summed E-state index contributed by atoms with van der Waals surface area (Å²) in [6.45, 7) is 3.00. The highest BCUT2D eigenvalue weighted by Gasteiger charge is 2.20. The van der Waals surface area contributed by atoms with Crippen LogP contribution in [0.5, 0.6) is 0 Å². The maximum Gasteiger partial charge on any atom is 0.191 e. The summed E-state index contributed by atoms with van der Waals surface area (Å²) in [5.41, 5.74) is 0.864. The van der Waals surface area contributed by atoms with Crippen LogP contribution < -0.4 is 10.6 Å². The fraction of sp³-hybridized carbons (Fsp3) is 0.562. The molecule has 1 aliphatic rings. The Morgan fingerprint density at radius 2 is 2.18 bits per heavy atom. The first-order valence-corrected chi connectivity index (χ1v) is 8.44. The molecule has 4 nitrogen and oxygen atoms in total. The van der Waals surface area contributed by atoms with Crippen LogP contribution in [-0.2, 0) is 11.3 Å². The van der Waals surface area contributed by atoms with Crippen molar-refractivity contribution in [3.8, 4) is 0 Å². The summed E-state index contributed by atoms with van der Waals surface area (Å²) in [4.78, 5) is 4.15. The summed E-state index contributed by atoms with van der Waals surface area (Å²) in [7, 11) is 1.72. The maximum atomic E-state index is 13.3. The first-order chi connectivity index (χ1) is 10.7. The normalized spacial score (nSPS) is 15.0. The van der Waals surface area contributed by atoms with E-state index in [0.717, 1.165) is 42.1 Å². The fourth-order valence-electron chi connectivity index (χ4n) is 2.03. The third kappa shape index (κ3) is 6.75. The molecule has 1 fully saturated rings. The Bertz CT molecular complexity index is 486. The molecule has 0 saturated heterocycles. The van der Waals surface area contributed by atoms with E-state index in [1.165, 1.54) is 25.0 Å². The predicted molar refractivity (Wildman–Crippen MR) is 90.5 cm³/mol. The van der Waals surface area contributed by atoms with Crippen LogP contribution in [0, 0.1) is 11.7 Å². The van der Waals surface area contributed by atoms with Gasteiger partial charge in [0, 0.05) is 37.8 Å². The van der Waals surface area contributed by atoms with Crippen molar-refractivity contribution in [3.05, 3.63) is 34.1 Å². The van der Waals surface area contributed by atoms with Crippen molar-refractivity contribution < 1.29 is 9.13 Å². The van der Waals surface area contributed by atoms with Gasteiger partial charge in [-0.05, 0) is 48.9 Å². The van der Waals surface area contributed by atoms with Gasteiger partial charge in [-0.25, -0.2) is 4.39 Å². The lowest BCUT2D eigenvalue weighted by molar-refractivity contribution is 0.123. The Balaban J connectivity index is 1.61. The highest BCUT2D eigenvalue weighted by atomic mass is 79.9. The highest BCUT2D eigenvalue weighted by molar-refractivity contribution is 9.10. The summed E-state index contributed by atoms with van der Waals surface area (Å²) in [5.74, 6) is 1.28. The van der Waals surface area contributed by atoms with E-state index in [2.05, 4.69) is 31.6 Å². The molecule has 0 aliphatic heterocycles. The van der Waals surface area contributed by atoms with E-state index in [1.807, 2.05) is 6.07 Å². The number of nitrogens with one attached hydrogen (secondary N) is 2. The topological polar surface area (TPSA) is 45.7 Å². The molecule has 0 aromatic heterocycles. The van der Waals surface area contributed by atoms with Crippen LogP contribution in [0.15, 0.2) is 27.7 Å². The molecular weight excluding hydrogens is 349 g/mol. The molecule has 0 bridgehead atoms. The molecule has 0 spiro atoms. The molecule has 0 atom stereocenters. The molecular formula is C16H23BrFN3O. The van der Waals surface area contributed by atoms with Crippen LogP contribution >= 0.6 is 15.9 Å². The van der Waals surface area contributed by atoms with Gasteiger partial charge in [0.2, 0.25) is 0 Å². The Kier molecular flexibility index (Phi) is 7.12. The quantitative estimate of drug-likeness (QED) is 0.419. The van der Waals surface area contributed by atoms with Gasteiger partial charge in [0.05, 0.1) is 0 Å². The zero-order valence-corrected chi connectivity index (χ0v) is 14.5. The molecule has 1 aromatic rings. The molecule has 2 N–H and O–H groups in total. The molecule has 1 saturated carbocycles. The largest absolute Gasteiger partial charge is 0.381 e. The number of nitrogens with zero attached hydrogens (tertiary/aromatic N) is 1. The molecule has 2 rings (SSSR count). The number of hydrogen-bond acceptors (Lipinski definition) is 2. The molecule has 0 unspecified atom stereocenters. The molecule has 0 radical (unpaired) electrons. The van der Waals surface area contributed by atoms with Gasteiger partial charge in [-0.1, -0.05) is 15.9 Å². The van der Waals surface area contributed by atoms with E-state index in [1.54, 1.807) is 7.05 Å². The van der Waals surface area contributed by atoms with E-state index >= 15 is 0 Å². The second kappa shape index (κ2) is 9.10. The number of guanidine groups is 1. The Morgan fingerprint density at radius 3 is 2.86 bits per heavy atom. The van der Waals surface area contributed by atoms with Crippen molar-refractivity contribution in [2.24, 2.45) is 10.9 Å². The van der Waals surface area contributed by atoms with Crippen LogP contribution in [0.25, 0.3) is 0 Å². The molecule has 0 amide bonds. The lowest BCUT2D eigenvalue weighted by Gasteiger charge is -2.12. The average Bonchev–Trinajstić information content (AvgIpc) is 3.29. The lowest BCUT2D eigenvalue weighted by Crippen LogP contribution is -2.37. The zero-order chi connectivity index (χ0) is 15.8. The SMILES string of the molecule is CN=C(NCCCOCC1CC1)NCc1cc(F)cc(Br)c1. The predicted octanol–water partition coefficient (Wildman–Crippen LogP) is 3.07. The Hall–Kier alpha value is -1.14. The average molecular weight is 372 g/mol. The molecule has 122 valence electrons. The second-order valence-corrected chi connectivity index (χ2v) is 6.42. The number of benzene rings is 1. The summed E-state index contributed by atoms with van der Waals surface area (Å²) in [6, 6.07) is 4.84. The Morgan fingerprint density at radius 1 is 1.36 bits per heavy atom. The van der Waals surface area contributed by atoms with Crippen LogP contribution in [0.1, 0.15) is 24.8 Å². The second-order valence-electron chi connectivity index (χ2n) is 5.50. The lowest BCUT2D eigenvalue weighted by atomic mass is 10.2.